The third-order valence-electron chi connectivity index (χ3n) is 3.12. The number of carbonyl (C=O) groups excluding carboxylic acids is 1. The molecule has 5 nitrogen and oxygen atoms in total. The first kappa shape index (κ1) is 15.3. The maximum absolute atomic E-state index is 11.6. The van der Waals surface area contributed by atoms with Gasteiger partial charge in [-0.2, -0.15) is 0 Å². The average molecular weight is 274 g/mol. The summed E-state index contributed by atoms with van der Waals surface area (Å²) in [6.07, 6.45) is 2.74. The maximum atomic E-state index is 11.6. The van der Waals surface area contributed by atoms with Gasteiger partial charge < -0.3 is 15.7 Å². The Morgan fingerprint density at radius 3 is 2.67 bits per heavy atom. The number of carboxylic acid groups (broad SMARTS) is 1. The molecule has 1 aliphatic rings. The maximum Gasteiger partial charge on any atom is 0.308 e. The van der Waals surface area contributed by atoms with Crippen molar-refractivity contribution < 1.29 is 14.7 Å². The Balaban J connectivity index is 2.14. The van der Waals surface area contributed by atoms with Gasteiger partial charge in [-0.1, -0.05) is 6.92 Å². The van der Waals surface area contributed by atoms with Crippen LogP contribution in [0.4, 0.5) is 0 Å². The van der Waals surface area contributed by atoms with Crippen molar-refractivity contribution in [1.29, 1.82) is 0 Å². The molecule has 1 aliphatic heterocycles. The Morgan fingerprint density at radius 1 is 1.44 bits per heavy atom. The topological polar surface area (TPSA) is 78.4 Å². The van der Waals surface area contributed by atoms with E-state index >= 15 is 0 Å². The lowest BCUT2D eigenvalue weighted by molar-refractivity contribution is -0.141. The molecule has 1 atom stereocenters. The van der Waals surface area contributed by atoms with Crippen LogP contribution in [0.15, 0.2) is 0 Å². The molecule has 0 radical (unpaired) electrons. The summed E-state index contributed by atoms with van der Waals surface area (Å²) in [4.78, 5) is 22.4. The molecule has 1 heterocycles. The van der Waals surface area contributed by atoms with Gasteiger partial charge in [0.25, 0.3) is 0 Å². The molecule has 18 heavy (non-hydrogen) atoms. The molecule has 0 aromatic carbocycles. The Bertz CT molecular complexity index is 280. The van der Waals surface area contributed by atoms with Crippen LogP contribution in [0.1, 0.15) is 26.2 Å². The van der Waals surface area contributed by atoms with Gasteiger partial charge in [0.15, 0.2) is 0 Å². The first-order valence-corrected chi connectivity index (χ1v) is 7.50. The highest BCUT2D eigenvalue weighted by atomic mass is 32.2. The molecule has 0 saturated carbocycles. The van der Waals surface area contributed by atoms with E-state index in [0.717, 1.165) is 25.9 Å². The van der Waals surface area contributed by atoms with Gasteiger partial charge in [0, 0.05) is 11.8 Å². The molecule has 6 heteroatoms. The number of amides is 1. The highest BCUT2D eigenvalue weighted by Crippen LogP contribution is 2.19. The second-order valence-electron chi connectivity index (χ2n) is 4.51. The normalized spacial score (nSPS) is 18.3. The third kappa shape index (κ3) is 5.73. The van der Waals surface area contributed by atoms with Gasteiger partial charge >= 0.3 is 5.97 Å². The molecule has 0 aliphatic carbocycles. The van der Waals surface area contributed by atoms with Crippen LogP contribution in [-0.2, 0) is 9.59 Å². The van der Waals surface area contributed by atoms with Crippen LogP contribution in [0.5, 0.6) is 0 Å². The van der Waals surface area contributed by atoms with Crippen molar-refractivity contribution in [3.05, 3.63) is 0 Å². The van der Waals surface area contributed by atoms with Crippen molar-refractivity contribution in [3.63, 3.8) is 0 Å². The second kappa shape index (κ2) is 8.37. The smallest absolute Gasteiger partial charge is 0.308 e. The minimum Gasteiger partial charge on any atom is -0.481 e. The summed E-state index contributed by atoms with van der Waals surface area (Å²) in [7, 11) is 0. The van der Waals surface area contributed by atoms with E-state index in [4.69, 9.17) is 5.11 Å². The molecule has 1 amide bonds. The molecule has 0 aromatic rings. The van der Waals surface area contributed by atoms with Crippen molar-refractivity contribution >= 4 is 23.6 Å². The number of piperidine rings is 1. The minimum absolute atomic E-state index is 0.0572. The standard InChI is InChI=1S/C12H22N2O3S/c1-2-9(12(16)17)7-14-11(15)8-18-10-3-5-13-6-4-10/h9-10,13H,2-8H2,1H3,(H,14,15)(H,16,17). The van der Waals surface area contributed by atoms with Crippen molar-refractivity contribution in [1.82, 2.24) is 10.6 Å². The SMILES string of the molecule is CCC(CNC(=O)CSC1CCNCC1)C(=O)O. The highest BCUT2D eigenvalue weighted by Gasteiger charge is 2.17. The minimum atomic E-state index is -0.844. The fraction of sp³-hybridized carbons (Fsp3) is 0.833. The van der Waals surface area contributed by atoms with E-state index < -0.39 is 11.9 Å². The summed E-state index contributed by atoms with van der Waals surface area (Å²) in [6.45, 7) is 4.10. The highest BCUT2D eigenvalue weighted by molar-refractivity contribution is 8.00. The second-order valence-corrected chi connectivity index (χ2v) is 5.80. The van der Waals surface area contributed by atoms with E-state index in [2.05, 4.69) is 10.6 Å². The van der Waals surface area contributed by atoms with Gasteiger partial charge in [-0.05, 0) is 32.4 Å². The van der Waals surface area contributed by atoms with Crippen LogP contribution >= 0.6 is 11.8 Å². The van der Waals surface area contributed by atoms with E-state index in [1.54, 1.807) is 11.8 Å². The van der Waals surface area contributed by atoms with E-state index in [9.17, 15) is 9.59 Å². The van der Waals surface area contributed by atoms with Gasteiger partial charge in [0.05, 0.1) is 11.7 Å². The van der Waals surface area contributed by atoms with Crippen LogP contribution in [0.3, 0.4) is 0 Å². The first-order valence-electron chi connectivity index (χ1n) is 6.45. The zero-order chi connectivity index (χ0) is 13.4. The summed E-state index contributed by atoms with van der Waals surface area (Å²) >= 11 is 1.67. The number of hydrogen-bond acceptors (Lipinski definition) is 4. The molecular formula is C12H22N2O3S. The van der Waals surface area contributed by atoms with E-state index in [1.807, 2.05) is 6.92 Å². The van der Waals surface area contributed by atoms with Crippen molar-refractivity contribution in [2.45, 2.75) is 31.4 Å². The number of carboxylic acids is 1. The molecule has 0 spiro atoms. The van der Waals surface area contributed by atoms with Gasteiger partial charge in [0.1, 0.15) is 0 Å². The molecule has 1 fully saturated rings. The van der Waals surface area contributed by atoms with Gasteiger partial charge in [-0.15, -0.1) is 11.8 Å². The molecule has 0 aromatic heterocycles. The van der Waals surface area contributed by atoms with Crippen LogP contribution in [0.25, 0.3) is 0 Å². The average Bonchev–Trinajstić information content (AvgIpc) is 2.38. The summed E-state index contributed by atoms with van der Waals surface area (Å²) in [5, 5.41) is 15.4. The Morgan fingerprint density at radius 2 is 2.11 bits per heavy atom. The molecule has 1 unspecified atom stereocenters. The molecule has 3 N–H and O–H groups in total. The van der Waals surface area contributed by atoms with E-state index in [0.29, 0.717) is 17.4 Å². The Hall–Kier alpha value is -0.750. The third-order valence-corrected chi connectivity index (χ3v) is 4.50. The lowest BCUT2D eigenvalue weighted by atomic mass is 10.1. The fourth-order valence-corrected chi connectivity index (χ4v) is 2.91. The summed E-state index contributed by atoms with van der Waals surface area (Å²) in [5.41, 5.74) is 0. The monoisotopic (exact) mass is 274 g/mol. The molecule has 1 saturated heterocycles. The van der Waals surface area contributed by atoms with Gasteiger partial charge in [-0.3, -0.25) is 9.59 Å². The van der Waals surface area contributed by atoms with Crippen molar-refractivity contribution in [2.24, 2.45) is 5.92 Å². The number of hydrogen-bond donors (Lipinski definition) is 3. The molecular weight excluding hydrogens is 252 g/mol. The van der Waals surface area contributed by atoms with E-state index in [1.165, 1.54) is 0 Å². The number of rotatable bonds is 7. The van der Waals surface area contributed by atoms with Crippen molar-refractivity contribution in [2.75, 3.05) is 25.4 Å². The molecule has 0 bridgehead atoms. The van der Waals surface area contributed by atoms with Crippen LogP contribution < -0.4 is 10.6 Å². The predicted octanol–water partition coefficient (Wildman–Crippen LogP) is 0.699. The number of aliphatic carboxylic acids is 1. The molecule has 104 valence electrons. The first-order chi connectivity index (χ1) is 8.63. The van der Waals surface area contributed by atoms with Crippen LogP contribution in [0, 0.1) is 5.92 Å². The lowest BCUT2D eigenvalue weighted by Crippen LogP contribution is -2.35. The van der Waals surface area contributed by atoms with Crippen molar-refractivity contribution in [3.8, 4) is 0 Å². The predicted molar refractivity (Wildman–Crippen MR) is 72.8 cm³/mol. The fourth-order valence-electron chi connectivity index (χ4n) is 1.85. The summed E-state index contributed by atoms with van der Waals surface area (Å²) in [5.74, 6) is -0.944. The summed E-state index contributed by atoms with van der Waals surface area (Å²) in [6, 6.07) is 0. The van der Waals surface area contributed by atoms with Crippen LogP contribution in [-0.4, -0.2) is 47.6 Å². The van der Waals surface area contributed by atoms with Crippen LogP contribution in [0.2, 0.25) is 0 Å². The molecule has 1 rings (SSSR count). The van der Waals surface area contributed by atoms with E-state index in [-0.39, 0.29) is 12.5 Å². The van der Waals surface area contributed by atoms with Gasteiger partial charge in [0.2, 0.25) is 5.91 Å². The van der Waals surface area contributed by atoms with Gasteiger partial charge in [-0.25, -0.2) is 0 Å². The zero-order valence-corrected chi connectivity index (χ0v) is 11.6. The number of thioether (sulfide) groups is 1. The quantitative estimate of drug-likeness (QED) is 0.637. The Labute approximate surface area is 112 Å². The lowest BCUT2D eigenvalue weighted by Gasteiger charge is -2.21. The summed E-state index contributed by atoms with van der Waals surface area (Å²) < 4.78 is 0. The number of carbonyl (C=O) groups is 2. The number of nitrogens with one attached hydrogen (secondary N) is 2. The zero-order valence-electron chi connectivity index (χ0n) is 10.8. The largest absolute Gasteiger partial charge is 0.481 e. The Kier molecular flexibility index (Phi) is 7.12.